The fraction of sp³-hybridized carbons (Fsp3) is 0.412. The van der Waals surface area contributed by atoms with Gasteiger partial charge in [-0.05, 0) is 20.3 Å². The van der Waals surface area contributed by atoms with Crippen molar-refractivity contribution in [1.82, 2.24) is 24.1 Å². The first-order chi connectivity index (χ1) is 12.4. The molecule has 3 aromatic rings. The molecule has 0 amide bonds. The summed E-state index contributed by atoms with van der Waals surface area (Å²) in [7, 11) is 1.62. The number of hydrogen-bond donors (Lipinski definition) is 1. The minimum absolute atomic E-state index is 0.0241. The molecule has 2 N–H and O–H groups in total. The van der Waals surface area contributed by atoms with Crippen molar-refractivity contribution >= 4 is 28.7 Å². The maximum atomic E-state index is 13.0. The van der Waals surface area contributed by atoms with E-state index in [0.29, 0.717) is 17.7 Å². The van der Waals surface area contributed by atoms with Crippen molar-refractivity contribution in [3.8, 4) is 5.75 Å². The minimum atomic E-state index is -0.218. The van der Waals surface area contributed by atoms with Crippen molar-refractivity contribution in [1.29, 1.82) is 0 Å². The van der Waals surface area contributed by atoms with E-state index in [1.807, 2.05) is 20.8 Å². The van der Waals surface area contributed by atoms with Crippen molar-refractivity contribution in [2.24, 2.45) is 0 Å². The molecule has 0 aliphatic heterocycles. The second kappa shape index (κ2) is 6.95. The quantitative estimate of drug-likeness (QED) is 0.685. The number of aromatic nitrogens is 5. The number of halogens is 1. The van der Waals surface area contributed by atoms with E-state index in [0.717, 1.165) is 29.0 Å². The first-order valence-electron chi connectivity index (χ1n) is 8.30. The fourth-order valence-corrected chi connectivity index (χ4v) is 3.41. The number of fused-ring (bicyclic) bond motifs is 1. The lowest BCUT2D eigenvalue weighted by Crippen LogP contribution is -2.25. The first-order valence-corrected chi connectivity index (χ1v) is 8.67. The van der Waals surface area contributed by atoms with E-state index in [4.69, 9.17) is 22.1 Å². The highest BCUT2D eigenvalue weighted by Gasteiger charge is 2.20. The van der Waals surface area contributed by atoms with Gasteiger partial charge in [0.05, 0.1) is 19.3 Å². The number of anilines is 1. The topological polar surface area (TPSA) is 101 Å². The molecule has 0 spiro atoms. The van der Waals surface area contributed by atoms with Gasteiger partial charge in [0.25, 0.3) is 0 Å². The van der Waals surface area contributed by atoms with Crippen molar-refractivity contribution in [2.45, 2.75) is 40.3 Å². The van der Waals surface area contributed by atoms with E-state index in [-0.39, 0.29) is 23.3 Å². The van der Waals surface area contributed by atoms with Crippen molar-refractivity contribution in [3.63, 3.8) is 0 Å². The van der Waals surface area contributed by atoms with Gasteiger partial charge in [0.15, 0.2) is 10.8 Å². The van der Waals surface area contributed by atoms with Crippen LogP contribution in [-0.4, -0.2) is 31.2 Å². The van der Waals surface area contributed by atoms with Crippen LogP contribution in [0.3, 0.4) is 0 Å². The third kappa shape index (κ3) is 2.90. The third-order valence-corrected chi connectivity index (χ3v) is 4.60. The lowest BCUT2D eigenvalue weighted by Gasteiger charge is -2.12. The lowest BCUT2D eigenvalue weighted by atomic mass is 10.1. The van der Waals surface area contributed by atoms with Crippen LogP contribution in [0.1, 0.15) is 30.2 Å². The van der Waals surface area contributed by atoms with E-state index < -0.39 is 0 Å². The molecular formula is C17H21ClN6O2. The Morgan fingerprint density at radius 3 is 2.65 bits per heavy atom. The number of methoxy groups -OCH3 is 1. The number of aryl methyl sites for hydroxylation is 2. The molecule has 26 heavy (non-hydrogen) atoms. The zero-order valence-electron chi connectivity index (χ0n) is 15.2. The van der Waals surface area contributed by atoms with E-state index in [1.54, 1.807) is 17.9 Å². The van der Waals surface area contributed by atoms with Gasteiger partial charge in [-0.1, -0.05) is 18.5 Å². The molecule has 0 saturated carbocycles. The van der Waals surface area contributed by atoms with Gasteiger partial charge in [-0.25, -0.2) is 4.79 Å². The van der Waals surface area contributed by atoms with Crippen LogP contribution in [0.25, 0.3) is 11.2 Å². The number of nitrogen functional groups attached to an aromatic ring is 1. The summed E-state index contributed by atoms with van der Waals surface area (Å²) < 4.78 is 8.56. The van der Waals surface area contributed by atoms with E-state index in [9.17, 15) is 4.79 Å². The fourth-order valence-electron chi connectivity index (χ4n) is 3.14. The van der Waals surface area contributed by atoms with Crippen molar-refractivity contribution in [2.75, 3.05) is 12.8 Å². The van der Waals surface area contributed by atoms with E-state index in [2.05, 4.69) is 15.0 Å². The molecule has 0 aliphatic rings. The van der Waals surface area contributed by atoms with Crippen molar-refractivity contribution in [3.05, 3.63) is 38.7 Å². The number of nitrogens with two attached hydrogens (primary N) is 1. The second-order valence-electron chi connectivity index (χ2n) is 6.11. The summed E-state index contributed by atoms with van der Waals surface area (Å²) in [6, 6.07) is 0. The summed E-state index contributed by atoms with van der Waals surface area (Å²) in [5.41, 5.74) is 8.96. The Morgan fingerprint density at radius 2 is 2.00 bits per heavy atom. The molecule has 138 valence electrons. The van der Waals surface area contributed by atoms with Gasteiger partial charge >= 0.3 is 5.69 Å². The van der Waals surface area contributed by atoms with Gasteiger partial charge in [-0.15, -0.1) is 0 Å². The molecule has 0 aromatic carbocycles. The normalized spacial score (nSPS) is 11.3. The molecule has 8 nitrogen and oxygen atoms in total. The molecule has 0 atom stereocenters. The summed E-state index contributed by atoms with van der Waals surface area (Å²) in [6.07, 6.45) is 2.50. The van der Waals surface area contributed by atoms with Gasteiger partial charge in [0.1, 0.15) is 11.3 Å². The Morgan fingerprint density at radius 1 is 1.27 bits per heavy atom. The molecule has 0 fully saturated rings. The zero-order valence-corrected chi connectivity index (χ0v) is 16.0. The molecule has 3 heterocycles. The first kappa shape index (κ1) is 18.2. The summed E-state index contributed by atoms with van der Waals surface area (Å²) in [6.45, 7) is 6.58. The lowest BCUT2D eigenvalue weighted by molar-refractivity contribution is 0.406. The van der Waals surface area contributed by atoms with Crippen LogP contribution in [-0.2, 0) is 13.1 Å². The highest BCUT2D eigenvalue weighted by molar-refractivity contribution is 6.33. The second-order valence-corrected chi connectivity index (χ2v) is 6.47. The molecule has 0 unspecified atom stereocenters. The van der Waals surface area contributed by atoms with Crippen LogP contribution >= 0.6 is 11.6 Å². The number of rotatable bonds is 5. The number of ether oxygens (including phenoxy) is 1. The standard InChI is InChI=1S/C17H21ClN6O2/c1-5-6-23-12-14(18)21-16(19)22-15(12)24(17(23)25)8-11-10(3)13(26-4)9(2)7-20-11/h7H,5-6,8H2,1-4H3,(H2,19,21,22). The summed E-state index contributed by atoms with van der Waals surface area (Å²) >= 11 is 6.25. The van der Waals surface area contributed by atoms with Gasteiger partial charge in [-0.3, -0.25) is 14.1 Å². The van der Waals surface area contributed by atoms with E-state index >= 15 is 0 Å². The van der Waals surface area contributed by atoms with Gasteiger partial charge in [0.2, 0.25) is 5.95 Å². The van der Waals surface area contributed by atoms with Crippen LogP contribution in [0.5, 0.6) is 5.75 Å². The number of nitrogens with zero attached hydrogens (tertiary/aromatic N) is 5. The third-order valence-electron chi connectivity index (χ3n) is 4.33. The molecule has 0 saturated heterocycles. The number of imidazole rings is 1. The maximum absolute atomic E-state index is 13.0. The monoisotopic (exact) mass is 376 g/mol. The SMILES string of the molecule is CCCn1c(=O)n(Cc2ncc(C)c(OC)c2C)c2nc(N)nc(Cl)c21. The number of hydrogen-bond acceptors (Lipinski definition) is 6. The van der Waals surface area contributed by atoms with Gasteiger partial charge < -0.3 is 10.5 Å². The molecule has 3 rings (SSSR count). The summed E-state index contributed by atoms with van der Waals surface area (Å²) in [4.78, 5) is 25.7. The average molecular weight is 377 g/mol. The maximum Gasteiger partial charge on any atom is 0.330 e. The van der Waals surface area contributed by atoms with Crippen LogP contribution in [0.2, 0.25) is 5.15 Å². The predicted molar refractivity (Wildman–Crippen MR) is 101 cm³/mol. The average Bonchev–Trinajstić information content (AvgIpc) is 2.84. The molecule has 9 heteroatoms. The van der Waals surface area contributed by atoms with Gasteiger partial charge in [-0.2, -0.15) is 9.97 Å². The Balaban J connectivity index is 2.23. The van der Waals surface area contributed by atoms with E-state index in [1.165, 1.54) is 4.57 Å². The molecule has 3 aromatic heterocycles. The minimum Gasteiger partial charge on any atom is -0.496 e. The van der Waals surface area contributed by atoms with Crippen LogP contribution in [0.15, 0.2) is 11.0 Å². The van der Waals surface area contributed by atoms with Crippen LogP contribution in [0.4, 0.5) is 5.95 Å². The Hall–Kier alpha value is -2.61. The highest BCUT2D eigenvalue weighted by atomic mass is 35.5. The Labute approximate surface area is 155 Å². The van der Waals surface area contributed by atoms with Crippen LogP contribution in [0, 0.1) is 13.8 Å². The molecule has 0 bridgehead atoms. The molecular weight excluding hydrogens is 356 g/mol. The summed E-state index contributed by atoms with van der Waals surface area (Å²) in [5, 5.41) is 0.169. The predicted octanol–water partition coefficient (Wildman–Crippen LogP) is 2.31. The molecule has 0 radical (unpaired) electrons. The zero-order chi connectivity index (χ0) is 19.0. The van der Waals surface area contributed by atoms with Gasteiger partial charge in [0, 0.05) is 23.9 Å². The smallest absolute Gasteiger partial charge is 0.330 e. The molecule has 0 aliphatic carbocycles. The summed E-state index contributed by atoms with van der Waals surface area (Å²) in [5.74, 6) is 0.781. The largest absolute Gasteiger partial charge is 0.496 e. The number of pyridine rings is 1. The Kier molecular flexibility index (Phi) is 4.86. The highest BCUT2D eigenvalue weighted by Crippen LogP contribution is 2.26. The van der Waals surface area contributed by atoms with Crippen molar-refractivity contribution < 1.29 is 4.74 Å². The Bertz CT molecular complexity index is 1040. The van der Waals surface area contributed by atoms with Crippen LogP contribution < -0.4 is 16.2 Å².